The number of nitrogens with one attached hydrogen (secondary N) is 1. The van der Waals surface area contributed by atoms with Crippen LogP contribution in [0.15, 0.2) is 40.9 Å². The maximum atomic E-state index is 6.03. The maximum absolute atomic E-state index is 6.03. The predicted octanol–water partition coefficient (Wildman–Crippen LogP) is 5.03. The summed E-state index contributed by atoms with van der Waals surface area (Å²) in [6.45, 7) is 0. The largest absolute Gasteiger partial charge is 0.397 e. The third-order valence-electron chi connectivity index (χ3n) is 2.23. The Labute approximate surface area is 127 Å². The zero-order chi connectivity index (χ0) is 12.4. The molecule has 0 saturated heterocycles. The Bertz CT molecular complexity index is 560. The van der Waals surface area contributed by atoms with Gasteiger partial charge in [-0.15, -0.1) is 0 Å². The first kappa shape index (κ1) is 13.0. The lowest BCUT2D eigenvalue weighted by Gasteiger charge is -2.11. The third-order valence-corrected chi connectivity index (χ3v) is 4.30. The van der Waals surface area contributed by atoms with E-state index in [1.54, 1.807) is 0 Å². The van der Waals surface area contributed by atoms with Crippen molar-refractivity contribution in [3.63, 3.8) is 0 Å². The Morgan fingerprint density at radius 3 is 2.65 bits per heavy atom. The van der Waals surface area contributed by atoms with Gasteiger partial charge in [0, 0.05) is 3.57 Å². The van der Waals surface area contributed by atoms with Gasteiger partial charge in [0.25, 0.3) is 0 Å². The summed E-state index contributed by atoms with van der Waals surface area (Å²) in [6, 6.07) is 11.5. The molecule has 0 aliphatic heterocycles. The second-order valence-electron chi connectivity index (χ2n) is 3.46. The van der Waals surface area contributed by atoms with Crippen molar-refractivity contribution in [2.24, 2.45) is 0 Å². The Morgan fingerprint density at radius 2 is 1.94 bits per heavy atom. The zero-order valence-corrected chi connectivity index (χ0v) is 13.2. The van der Waals surface area contributed by atoms with E-state index in [1.807, 2.05) is 36.4 Å². The van der Waals surface area contributed by atoms with E-state index in [-0.39, 0.29) is 0 Å². The second kappa shape index (κ2) is 5.46. The molecule has 88 valence electrons. The van der Waals surface area contributed by atoms with Gasteiger partial charge in [-0.05, 0) is 68.9 Å². The summed E-state index contributed by atoms with van der Waals surface area (Å²) in [7, 11) is 0. The number of nitrogen functional groups attached to an aromatic ring is 1. The van der Waals surface area contributed by atoms with Gasteiger partial charge in [-0.25, -0.2) is 0 Å². The van der Waals surface area contributed by atoms with Gasteiger partial charge >= 0.3 is 0 Å². The van der Waals surface area contributed by atoms with E-state index in [1.165, 1.54) is 0 Å². The molecule has 0 bridgehead atoms. The van der Waals surface area contributed by atoms with E-state index in [9.17, 15) is 0 Å². The van der Waals surface area contributed by atoms with E-state index >= 15 is 0 Å². The van der Waals surface area contributed by atoms with Gasteiger partial charge in [-0.2, -0.15) is 0 Å². The van der Waals surface area contributed by atoms with Crippen molar-refractivity contribution in [2.45, 2.75) is 0 Å². The van der Waals surface area contributed by atoms with Crippen LogP contribution in [0.4, 0.5) is 17.1 Å². The van der Waals surface area contributed by atoms with E-state index < -0.39 is 0 Å². The molecular weight excluding hydrogens is 414 g/mol. The van der Waals surface area contributed by atoms with E-state index in [0.717, 1.165) is 19.4 Å². The fourth-order valence-corrected chi connectivity index (χ4v) is 2.45. The molecule has 2 aromatic carbocycles. The monoisotopic (exact) mass is 422 g/mol. The minimum atomic E-state index is 0.666. The van der Waals surface area contributed by atoms with Crippen molar-refractivity contribution in [3.05, 3.63) is 49.5 Å². The first-order chi connectivity index (χ1) is 8.08. The Hall–Kier alpha value is -0.460. The lowest BCUT2D eigenvalue weighted by atomic mass is 10.2. The molecule has 0 amide bonds. The Balaban J connectivity index is 2.35. The molecule has 0 aliphatic rings. The fraction of sp³-hybridized carbons (Fsp3) is 0. The molecule has 0 atom stereocenters. The molecule has 5 heteroatoms. The van der Waals surface area contributed by atoms with Gasteiger partial charge < -0.3 is 11.1 Å². The number of nitrogens with two attached hydrogens (primary N) is 1. The summed E-state index contributed by atoms with van der Waals surface area (Å²) < 4.78 is 1.94. The minimum absolute atomic E-state index is 0.666. The highest BCUT2D eigenvalue weighted by Gasteiger charge is 2.06. The Kier molecular flexibility index (Phi) is 4.17. The van der Waals surface area contributed by atoms with Gasteiger partial charge in [-0.1, -0.05) is 17.7 Å². The van der Waals surface area contributed by atoms with Crippen LogP contribution in [0.1, 0.15) is 0 Å². The van der Waals surface area contributed by atoms with Crippen LogP contribution in [0.2, 0.25) is 5.02 Å². The average molecular weight is 423 g/mol. The molecule has 0 saturated carbocycles. The lowest BCUT2D eigenvalue weighted by molar-refractivity contribution is 1.51. The molecule has 2 aromatic rings. The molecule has 0 spiro atoms. The standard InChI is InChI=1S/C12H9BrClIN2/c13-12-8(14)2-1-3-11(12)17-10-5-4-7(15)6-9(10)16/h1-6,17H,16H2. The number of rotatable bonds is 2. The van der Waals surface area contributed by atoms with Crippen molar-refractivity contribution >= 4 is 67.2 Å². The second-order valence-corrected chi connectivity index (χ2v) is 5.90. The first-order valence-corrected chi connectivity index (χ1v) is 7.09. The van der Waals surface area contributed by atoms with Crippen molar-refractivity contribution < 1.29 is 0 Å². The van der Waals surface area contributed by atoms with Gasteiger partial charge in [0.15, 0.2) is 0 Å². The van der Waals surface area contributed by atoms with E-state index in [2.05, 4.69) is 43.8 Å². The summed E-state index contributed by atoms with van der Waals surface area (Å²) in [6.07, 6.45) is 0. The maximum Gasteiger partial charge on any atom is 0.0618 e. The van der Waals surface area contributed by atoms with E-state index in [0.29, 0.717) is 10.7 Å². The van der Waals surface area contributed by atoms with Crippen LogP contribution >= 0.6 is 50.1 Å². The summed E-state index contributed by atoms with van der Waals surface area (Å²) in [4.78, 5) is 0. The van der Waals surface area contributed by atoms with Gasteiger partial charge in [-0.3, -0.25) is 0 Å². The lowest BCUT2D eigenvalue weighted by Crippen LogP contribution is -1.97. The van der Waals surface area contributed by atoms with Crippen LogP contribution in [0.5, 0.6) is 0 Å². The van der Waals surface area contributed by atoms with Gasteiger partial charge in [0.2, 0.25) is 0 Å². The Morgan fingerprint density at radius 1 is 1.18 bits per heavy atom. The highest BCUT2D eigenvalue weighted by molar-refractivity contribution is 14.1. The number of hydrogen-bond donors (Lipinski definition) is 2. The van der Waals surface area contributed by atoms with Crippen LogP contribution in [-0.4, -0.2) is 0 Å². The van der Waals surface area contributed by atoms with Gasteiger partial charge in [0.1, 0.15) is 0 Å². The third kappa shape index (κ3) is 3.05. The highest BCUT2D eigenvalue weighted by atomic mass is 127. The molecule has 0 fully saturated rings. The zero-order valence-electron chi connectivity index (χ0n) is 8.68. The number of benzene rings is 2. The number of hydrogen-bond acceptors (Lipinski definition) is 2. The molecule has 2 rings (SSSR count). The summed E-state index contributed by atoms with van der Waals surface area (Å²) >= 11 is 11.7. The van der Waals surface area contributed by atoms with Crippen LogP contribution in [-0.2, 0) is 0 Å². The molecule has 0 radical (unpaired) electrons. The topological polar surface area (TPSA) is 38.0 Å². The number of anilines is 3. The SMILES string of the molecule is Nc1cc(I)ccc1Nc1cccc(Cl)c1Br. The minimum Gasteiger partial charge on any atom is -0.397 e. The fourth-order valence-electron chi connectivity index (χ4n) is 1.39. The van der Waals surface area contributed by atoms with Crippen LogP contribution < -0.4 is 11.1 Å². The van der Waals surface area contributed by atoms with Crippen molar-refractivity contribution in [3.8, 4) is 0 Å². The van der Waals surface area contributed by atoms with E-state index in [4.69, 9.17) is 17.3 Å². The molecule has 0 aliphatic carbocycles. The highest BCUT2D eigenvalue weighted by Crippen LogP contribution is 2.33. The summed E-state index contributed by atoms with van der Waals surface area (Å²) in [5.41, 5.74) is 8.42. The van der Waals surface area contributed by atoms with Crippen molar-refractivity contribution in [1.29, 1.82) is 0 Å². The van der Waals surface area contributed by atoms with Gasteiger partial charge in [0.05, 0.1) is 26.6 Å². The molecule has 17 heavy (non-hydrogen) atoms. The number of halogens is 3. The smallest absolute Gasteiger partial charge is 0.0618 e. The summed E-state index contributed by atoms with van der Waals surface area (Å²) in [5.74, 6) is 0. The summed E-state index contributed by atoms with van der Waals surface area (Å²) in [5, 5.41) is 3.91. The normalized spacial score (nSPS) is 10.3. The van der Waals surface area contributed by atoms with Crippen LogP contribution in [0.25, 0.3) is 0 Å². The molecule has 3 N–H and O–H groups in total. The predicted molar refractivity (Wildman–Crippen MR) is 86.0 cm³/mol. The molecule has 0 heterocycles. The van der Waals surface area contributed by atoms with Crippen molar-refractivity contribution in [1.82, 2.24) is 0 Å². The molecule has 2 nitrogen and oxygen atoms in total. The first-order valence-electron chi connectivity index (χ1n) is 4.84. The molecule has 0 unspecified atom stereocenters. The van der Waals surface area contributed by atoms with Crippen molar-refractivity contribution in [2.75, 3.05) is 11.1 Å². The molecule has 0 aromatic heterocycles. The van der Waals surface area contributed by atoms with Crippen LogP contribution in [0.3, 0.4) is 0 Å². The molecular formula is C12H9BrClIN2. The quantitative estimate of drug-likeness (QED) is 0.525. The average Bonchev–Trinajstić information content (AvgIpc) is 2.28. The van der Waals surface area contributed by atoms with Crippen LogP contribution in [0, 0.1) is 3.57 Å².